The molecule has 4 nitrogen and oxygen atoms in total. The Kier molecular flexibility index (Phi) is 9.50. The summed E-state index contributed by atoms with van der Waals surface area (Å²) in [4.78, 5) is 7.48. The van der Waals surface area contributed by atoms with Crippen LogP contribution < -0.4 is 30.4 Å². The van der Waals surface area contributed by atoms with Crippen molar-refractivity contribution in [3.63, 3.8) is 0 Å². The standard InChI is InChI=1S/C62H56BN3OS/c1-60(2,3)39-25-30-43(31-26-39)64(44-32-27-40(28-33-44)61(4,5)6)45-34-35-49-53(38-45)66(52-23-15-20-47-46-19-13-14-24-54(46)67-58(47)52)51-22-16-21-50-56(51)63(49)59-57(65(50)42-17-11-10-12-18-42)48-37-41(62(7,8)9)29-36-55(48)68-59/h10-38H,1-9H3. The Balaban J connectivity index is 1.15. The number of anilines is 9. The van der Waals surface area contributed by atoms with Crippen LogP contribution >= 0.6 is 11.3 Å². The molecule has 68 heavy (non-hydrogen) atoms. The van der Waals surface area contributed by atoms with E-state index in [-0.39, 0.29) is 23.0 Å². The summed E-state index contributed by atoms with van der Waals surface area (Å²) in [5, 5.41) is 3.52. The van der Waals surface area contributed by atoms with Gasteiger partial charge in [-0.25, -0.2) is 0 Å². The zero-order valence-corrected chi connectivity index (χ0v) is 41.3. The lowest BCUT2D eigenvalue weighted by molar-refractivity contribution is 0.590. The SMILES string of the molecule is CC(C)(C)c1ccc(N(c2ccc(C(C)(C)C)cc2)c2ccc3c(c2)N(c2cccc4c2oc2ccccc24)c2cccc4c2B3c2sc3ccc(C(C)(C)C)cc3c2N4c2ccccc2)cc1. The van der Waals surface area contributed by atoms with Crippen molar-refractivity contribution in [2.75, 3.05) is 14.7 Å². The first-order valence-corrected chi connectivity index (χ1v) is 24.9. The minimum absolute atomic E-state index is 0.00164. The van der Waals surface area contributed by atoms with Gasteiger partial charge in [0.05, 0.1) is 11.4 Å². The molecule has 4 heterocycles. The highest BCUT2D eigenvalue weighted by Gasteiger charge is 2.46. The Labute approximate surface area is 405 Å². The van der Waals surface area contributed by atoms with Gasteiger partial charge in [-0.1, -0.05) is 153 Å². The maximum absolute atomic E-state index is 6.92. The fourth-order valence-electron chi connectivity index (χ4n) is 10.7. The molecule has 0 aliphatic carbocycles. The topological polar surface area (TPSA) is 22.9 Å². The lowest BCUT2D eigenvalue weighted by atomic mass is 9.36. The van der Waals surface area contributed by atoms with E-state index in [0.29, 0.717) is 0 Å². The number of fused-ring (bicyclic) bond motifs is 9. The van der Waals surface area contributed by atoms with Crippen molar-refractivity contribution >= 4 is 117 Å². The molecule has 334 valence electrons. The number of furan rings is 1. The molecule has 0 bridgehead atoms. The molecule has 0 fully saturated rings. The summed E-state index contributed by atoms with van der Waals surface area (Å²) < 4.78 is 9.58. The minimum atomic E-state index is -0.0209. The molecule has 0 saturated heterocycles. The molecule has 0 atom stereocenters. The van der Waals surface area contributed by atoms with Crippen LogP contribution in [-0.2, 0) is 16.2 Å². The fraction of sp³-hybridized carbons (Fsp3) is 0.194. The maximum atomic E-state index is 6.92. The lowest BCUT2D eigenvalue weighted by Gasteiger charge is -2.43. The highest BCUT2D eigenvalue weighted by molar-refractivity contribution is 7.33. The van der Waals surface area contributed by atoms with Crippen molar-refractivity contribution in [3.8, 4) is 0 Å². The molecular formula is C62H56BN3OS. The Morgan fingerprint density at radius 1 is 0.456 bits per heavy atom. The third-order valence-electron chi connectivity index (χ3n) is 14.3. The van der Waals surface area contributed by atoms with Gasteiger partial charge in [-0.3, -0.25) is 0 Å². The number of hydrogen-bond donors (Lipinski definition) is 0. The van der Waals surface area contributed by atoms with Gasteiger partial charge in [0.25, 0.3) is 6.71 Å². The van der Waals surface area contributed by atoms with E-state index in [1.807, 2.05) is 11.3 Å². The molecular weight excluding hydrogens is 846 g/mol. The molecule has 0 radical (unpaired) electrons. The van der Waals surface area contributed by atoms with Crippen LogP contribution in [0.2, 0.25) is 0 Å². The third kappa shape index (κ3) is 6.70. The molecule has 0 unspecified atom stereocenters. The van der Waals surface area contributed by atoms with Gasteiger partial charge in [-0.2, -0.15) is 0 Å². The molecule has 0 spiro atoms. The Morgan fingerprint density at radius 2 is 1.01 bits per heavy atom. The molecule has 12 rings (SSSR count). The molecule has 2 aromatic heterocycles. The normalized spacial score (nSPS) is 13.6. The molecule has 2 aliphatic heterocycles. The van der Waals surface area contributed by atoms with E-state index >= 15 is 0 Å². The second-order valence-electron chi connectivity index (χ2n) is 21.8. The predicted octanol–water partition coefficient (Wildman–Crippen LogP) is 16.2. The van der Waals surface area contributed by atoms with Gasteiger partial charge >= 0.3 is 0 Å². The van der Waals surface area contributed by atoms with Crippen molar-refractivity contribution in [2.24, 2.45) is 0 Å². The minimum Gasteiger partial charge on any atom is -0.454 e. The molecule has 0 N–H and O–H groups in total. The number of rotatable bonds is 5. The zero-order chi connectivity index (χ0) is 46.9. The molecule has 0 saturated carbocycles. The lowest BCUT2D eigenvalue weighted by Crippen LogP contribution is -2.60. The van der Waals surface area contributed by atoms with Crippen LogP contribution in [0.25, 0.3) is 32.0 Å². The third-order valence-corrected chi connectivity index (χ3v) is 15.5. The van der Waals surface area contributed by atoms with Crippen molar-refractivity contribution in [1.29, 1.82) is 0 Å². The van der Waals surface area contributed by atoms with Crippen molar-refractivity contribution < 1.29 is 4.42 Å². The zero-order valence-electron chi connectivity index (χ0n) is 40.5. The van der Waals surface area contributed by atoms with E-state index in [4.69, 9.17) is 4.42 Å². The van der Waals surface area contributed by atoms with E-state index in [1.54, 1.807) is 0 Å². The quantitative estimate of drug-likeness (QED) is 0.161. The Hall–Kier alpha value is -7.02. The van der Waals surface area contributed by atoms with Gasteiger partial charge in [0.2, 0.25) is 0 Å². The van der Waals surface area contributed by atoms with E-state index in [2.05, 4.69) is 253 Å². The molecule has 0 amide bonds. The van der Waals surface area contributed by atoms with Crippen molar-refractivity contribution in [3.05, 3.63) is 193 Å². The summed E-state index contributed by atoms with van der Waals surface area (Å²) in [7, 11) is 0. The smallest absolute Gasteiger partial charge is 0.264 e. The summed E-state index contributed by atoms with van der Waals surface area (Å²) in [5.41, 5.74) is 18.6. The average Bonchev–Trinajstić information content (AvgIpc) is 3.90. The first-order valence-electron chi connectivity index (χ1n) is 24.0. The monoisotopic (exact) mass is 901 g/mol. The molecule has 8 aromatic carbocycles. The second-order valence-corrected chi connectivity index (χ2v) is 22.9. The van der Waals surface area contributed by atoms with Crippen LogP contribution in [0.4, 0.5) is 51.2 Å². The first kappa shape index (κ1) is 42.3. The highest BCUT2D eigenvalue weighted by atomic mass is 32.1. The number of para-hydroxylation sites is 3. The van der Waals surface area contributed by atoms with E-state index < -0.39 is 0 Å². The fourth-order valence-corrected chi connectivity index (χ4v) is 12.0. The summed E-state index contributed by atoms with van der Waals surface area (Å²) in [6.07, 6.45) is 0. The van der Waals surface area contributed by atoms with Gasteiger partial charge in [0.1, 0.15) is 5.58 Å². The molecule has 6 heteroatoms. The predicted molar refractivity (Wildman–Crippen MR) is 294 cm³/mol. The summed E-state index contributed by atoms with van der Waals surface area (Å²) in [6, 6.07) is 65.7. The number of thiophene rings is 1. The van der Waals surface area contributed by atoms with Gasteiger partial charge in [0, 0.05) is 65.4 Å². The van der Waals surface area contributed by atoms with Crippen LogP contribution in [0.1, 0.15) is 79.0 Å². The van der Waals surface area contributed by atoms with Crippen LogP contribution in [0, 0.1) is 0 Å². The van der Waals surface area contributed by atoms with Crippen LogP contribution in [0.3, 0.4) is 0 Å². The maximum Gasteiger partial charge on any atom is 0.264 e. The van der Waals surface area contributed by atoms with Crippen LogP contribution in [0.5, 0.6) is 0 Å². The molecule has 10 aromatic rings. The Morgan fingerprint density at radius 3 is 1.68 bits per heavy atom. The van der Waals surface area contributed by atoms with Gasteiger partial charge in [-0.15, -0.1) is 11.3 Å². The van der Waals surface area contributed by atoms with Gasteiger partial charge in [-0.05, 0) is 129 Å². The van der Waals surface area contributed by atoms with Crippen LogP contribution in [0.15, 0.2) is 180 Å². The van der Waals surface area contributed by atoms with Gasteiger partial charge < -0.3 is 19.1 Å². The van der Waals surface area contributed by atoms with Crippen molar-refractivity contribution in [1.82, 2.24) is 0 Å². The Bertz CT molecular complexity index is 3530. The van der Waals surface area contributed by atoms with Crippen LogP contribution in [-0.4, -0.2) is 6.71 Å². The number of benzene rings is 8. The largest absolute Gasteiger partial charge is 0.454 e. The van der Waals surface area contributed by atoms with E-state index in [1.165, 1.54) is 53.9 Å². The summed E-state index contributed by atoms with van der Waals surface area (Å²) >= 11 is 1.94. The highest BCUT2D eigenvalue weighted by Crippen LogP contribution is 2.51. The van der Waals surface area contributed by atoms with E-state index in [0.717, 1.165) is 61.8 Å². The van der Waals surface area contributed by atoms with Crippen molar-refractivity contribution in [2.45, 2.75) is 78.6 Å². The number of hydrogen-bond acceptors (Lipinski definition) is 5. The van der Waals surface area contributed by atoms with Gasteiger partial charge in [0.15, 0.2) is 5.58 Å². The molecule has 2 aliphatic rings. The summed E-state index contributed by atoms with van der Waals surface area (Å²) in [6.45, 7) is 20.6. The average molecular weight is 902 g/mol. The first-order chi connectivity index (χ1) is 32.6. The summed E-state index contributed by atoms with van der Waals surface area (Å²) in [5.74, 6) is 0. The van der Waals surface area contributed by atoms with E-state index in [9.17, 15) is 0 Å². The second kappa shape index (κ2) is 15.2. The number of nitrogens with zero attached hydrogens (tertiary/aromatic N) is 3.